The number of hydrogen-bond donors (Lipinski definition) is 2. The fourth-order valence-electron chi connectivity index (χ4n) is 1.94. The molecule has 0 heterocycles. The fourth-order valence-corrected chi connectivity index (χ4v) is 2.53. The lowest BCUT2D eigenvalue weighted by Gasteiger charge is -2.06. The Kier molecular flexibility index (Phi) is 6.07. The number of nitrogens with one attached hydrogen (secondary N) is 1. The Morgan fingerprint density at radius 3 is 2.88 bits per heavy atom. The van der Waals surface area contributed by atoms with Crippen molar-refractivity contribution in [3.8, 4) is 11.5 Å². The van der Waals surface area contributed by atoms with E-state index in [1.807, 2.05) is 0 Å². The summed E-state index contributed by atoms with van der Waals surface area (Å²) in [5, 5.41) is 24.5. The number of phenols is 1. The van der Waals surface area contributed by atoms with E-state index in [9.17, 15) is 20.0 Å². The van der Waals surface area contributed by atoms with Crippen LogP contribution in [0.5, 0.6) is 11.5 Å². The Bertz CT molecular complexity index is 839. The van der Waals surface area contributed by atoms with Crippen molar-refractivity contribution < 1.29 is 19.6 Å². The number of para-hydroxylation sites is 2. The molecule has 9 heteroatoms. The molecule has 0 radical (unpaired) electrons. The van der Waals surface area contributed by atoms with E-state index in [2.05, 4.69) is 26.5 Å². The maximum Gasteiger partial charge on any atom is 0.310 e. The number of aryl methyl sites for hydroxylation is 1. The highest BCUT2D eigenvalue weighted by Gasteiger charge is 2.14. The normalized spacial score (nSPS) is 10.6. The van der Waals surface area contributed by atoms with Gasteiger partial charge in [-0.1, -0.05) is 28.1 Å². The second kappa shape index (κ2) is 8.25. The Hall–Kier alpha value is -2.94. The van der Waals surface area contributed by atoms with Gasteiger partial charge in [0, 0.05) is 16.1 Å². The van der Waals surface area contributed by atoms with Crippen molar-refractivity contribution in [2.75, 3.05) is 6.61 Å². The van der Waals surface area contributed by atoms with Gasteiger partial charge in [-0.05, 0) is 30.7 Å². The van der Waals surface area contributed by atoms with Gasteiger partial charge < -0.3 is 9.84 Å². The van der Waals surface area contributed by atoms with Crippen LogP contribution in [0.4, 0.5) is 5.69 Å². The predicted octanol–water partition coefficient (Wildman–Crippen LogP) is 2.90. The molecule has 0 aliphatic rings. The zero-order valence-corrected chi connectivity index (χ0v) is 14.7. The number of carbonyl (C=O) groups is 1. The van der Waals surface area contributed by atoms with Gasteiger partial charge in [-0.25, -0.2) is 5.43 Å². The number of ether oxygens (including phenoxy) is 1. The van der Waals surface area contributed by atoms with Crippen molar-refractivity contribution in [1.29, 1.82) is 0 Å². The van der Waals surface area contributed by atoms with Crippen LogP contribution in [0.3, 0.4) is 0 Å². The average Bonchev–Trinajstić information content (AvgIpc) is 2.57. The van der Waals surface area contributed by atoms with Gasteiger partial charge in [-0.2, -0.15) is 5.10 Å². The molecule has 0 bridgehead atoms. The molecule has 25 heavy (non-hydrogen) atoms. The van der Waals surface area contributed by atoms with Crippen LogP contribution in [-0.4, -0.2) is 28.8 Å². The van der Waals surface area contributed by atoms with Crippen molar-refractivity contribution in [3.63, 3.8) is 0 Å². The zero-order valence-electron chi connectivity index (χ0n) is 13.1. The second-order valence-corrected chi connectivity index (χ2v) is 5.88. The average molecular weight is 408 g/mol. The molecular weight excluding hydrogens is 394 g/mol. The van der Waals surface area contributed by atoms with Gasteiger partial charge in [-0.3, -0.25) is 14.9 Å². The number of carbonyl (C=O) groups excluding carboxylic acids is 1. The summed E-state index contributed by atoms with van der Waals surface area (Å²) in [6.45, 7) is 1.29. The fraction of sp³-hybridized carbons (Fsp3) is 0.125. The smallest absolute Gasteiger partial charge is 0.310 e. The van der Waals surface area contributed by atoms with E-state index in [1.54, 1.807) is 25.1 Å². The van der Waals surface area contributed by atoms with Crippen molar-refractivity contribution in [2.24, 2.45) is 5.10 Å². The van der Waals surface area contributed by atoms with Crippen LogP contribution in [0, 0.1) is 17.0 Å². The maximum absolute atomic E-state index is 11.7. The quantitative estimate of drug-likeness (QED) is 0.434. The molecule has 2 N–H and O–H groups in total. The monoisotopic (exact) mass is 407 g/mol. The maximum atomic E-state index is 11.7. The van der Waals surface area contributed by atoms with Gasteiger partial charge in [0.25, 0.3) is 5.91 Å². The van der Waals surface area contributed by atoms with Gasteiger partial charge in [0.15, 0.2) is 12.4 Å². The Morgan fingerprint density at radius 1 is 1.44 bits per heavy atom. The van der Waals surface area contributed by atoms with Crippen LogP contribution in [-0.2, 0) is 4.79 Å². The summed E-state index contributed by atoms with van der Waals surface area (Å²) >= 11 is 3.30. The minimum absolute atomic E-state index is 0.00751. The van der Waals surface area contributed by atoms with E-state index >= 15 is 0 Å². The first kappa shape index (κ1) is 18.4. The van der Waals surface area contributed by atoms with Crippen LogP contribution in [0.1, 0.15) is 11.1 Å². The molecule has 0 saturated heterocycles. The van der Waals surface area contributed by atoms with Crippen LogP contribution >= 0.6 is 15.9 Å². The number of amides is 1. The Morgan fingerprint density at radius 2 is 2.16 bits per heavy atom. The van der Waals surface area contributed by atoms with E-state index in [0.717, 1.165) is 4.47 Å². The second-order valence-electron chi connectivity index (χ2n) is 4.97. The molecule has 0 atom stereocenters. The third-order valence-corrected chi connectivity index (χ3v) is 3.57. The largest absolute Gasteiger partial charge is 0.507 e. The summed E-state index contributed by atoms with van der Waals surface area (Å²) in [6, 6.07) is 9.13. The molecule has 1 amide bonds. The lowest BCUT2D eigenvalue weighted by molar-refractivity contribution is -0.385. The topological polar surface area (TPSA) is 114 Å². The zero-order chi connectivity index (χ0) is 18.4. The number of hydrogen-bond acceptors (Lipinski definition) is 6. The molecule has 130 valence electrons. The molecule has 8 nitrogen and oxygen atoms in total. The van der Waals surface area contributed by atoms with Crippen molar-refractivity contribution in [2.45, 2.75) is 6.92 Å². The first-order chi connectivity index (χ1) is 11.9. The van der Waals surface area contributed by atoms with E-state index in [4.69, 9.17) is 4.74 Å². The standard InChI is InChI=1S/C16H14BrN3O5/c1-10-6-12(17)7-11(16(10)22)8-18-19-15(21)9-25-14-5-3-2-4-13(14)20(23)24/h2-8,22H,9H2,1H3,(H,19,21)/b18-8+. The first-order valence-electron chi connectivity index (χ1n) is 7.05. The predicted molar refractivity (Wildman–Crippen MR) is 94.9 cm³/mol. The molecule has 0 aliphatic heterocycles. The number of halogens is 1. The number of nitro groups is 1. The van der Waals surface area contributed by atoms with Crippen LogP contribution in [0.15, 0.2) is 46.0 Å². The summed E-state index contributed by atoms with van der Waals surface area (Å²) in [5.74, 6) is -0.551. The number of aromatic hydroxyl groups is 1. The molecule has 0 aromatic heterocycles. The van der Waals surface area contributed by atoms with Crippen molar-refractivity contribution in [1.82, 2.24) is 5.43 Å². The van der Waals surface area contributed by atoms with Gasteiger partial charge >= 0.3 is 5.69 Å². The highest BCUT2D eigenvalue weighted by atomic mass is 79.9. The number of rotatable bonds is 6. The molecule has 2 rings (SSSR count). The summed E-state index contributed by atoms with van der Waals surface area (Å²) in [4.78, 5) is 22.0. The summed E-state index contributed by atoms with van der Waals surface area (Å²) in [6.07, 6.45) is 1.29. The van der Waals surface area contributed by atoms with E-state index in [0.29, 0.717) is 11.1 Å². The van der Waals surface area contributed by atoms with Gasteiger partial charge in [0.1, 0.15) is 5.75 Å². The molecule has 2 aromatic carbocycles. The van der Waals surface area contributed by atoms with Crippen LogP contribution in [0.2, 0.25) is 0 Å². The van der Waals surface area contributed by atoms with Gasteiger partial charge in [0.05, 0.1) is 11.1 Å². The lowest BCUT2D eigenvalue weighted by Crippen LogP contribution is -2.24. The molecule has 0 fully saturated rings. The number of benzene rings is 2. The Balaban J connectivity index is 1.95. The summed E-state index contributed by atoms with van der Waals surface area (Å²) < 4.78 is 5.90. The highest BCUT2D eigenvalue weighted by Crippen LogP contribution is 2.26. The minimum Gasteiger partial charge on any atom is -0.507 e. The highest BCUT2D eigenvalue weighted by molar-refractivity contribution is 9.10. The number of hydrazone groups is 1. The number of nitro benzene ring substituents is 1. The summed E-state index contributed by atoms with van der Waals surface area (Å²) in [5.41, 5.74) is 3.07. The molecule has 0 unspecified atom stereocenters. The number of phenolic OH excluding ortho intramolecular Hbond substituents is 1. The van der Waals surface area contributed by atoms with Crippen molar-refractivity contribution >= 4 is 33.7 Å². The summed E-state index contributed by atoms with van der Waals surface area (Å²) in [7, 11) is 0. The lowest BCUT2D eigenvalue weighted by atomic mass is 10.1. The van der Waals surface area contributed by atoms with Gasteiger partial charge in [-0.15, -0.1) is 0 Å². The molecule has 0 spiro atoms. The SMILES string of the molecule is Cc1cc(Br)cc(/C=N/NC(=O)COc2ccccc2[N+](=O)[O-])c1O. The van der Waals surface area contributed by atoms with E-state index in [1.165, 1.54) is 24.4 Å². The third-order valence-electron chi connectivity index (χ3n) is 3.11. The van der Waals surface area contributed by atoms with Crippen LogP contribution in [0.25, 0.3) is 0 Å². The van der Waals surface area contributed by atoms with E-state index in [-0.39, 0.29) is 17.2 Å². The van der Waals surface area contributed by atoms with Gasteiger partial charge in [0.2, 0.25) is 0 Å². The van der Waals surface area contributed by atoms with Crippen molar-refractivity contribution in [3.05, 3.63) is 62.1 Å². The minimum atomic E-state index is -0.597. The molecule has 0 aliphatic carbocycles. The Labute approximate surface area is 151 Å². The first-order valence-corrected chi connectivity index (χ1v) is 7.85. The van der Waals surface area contributed by atoms with E-state index < -0.39 is 17.4 Å². The van der Waals surface area contributed by atoms with Crippen LogP contribution < -0.4 is 10.2 Å². The molecular formula is C16H14BrN3O5. The molecule has 2 aromatic rings. The third kappa shape index (κ3) is 5.01. The number of nitrogens with zero attached hydrogens (tertiary/aromatic N) is 2. The molecule has 0 saturated carbocycles.